The molecule has 0 aliphatic carbocycles. The average molecular weight is 575 g/mol. The van der Waals surface area contributed by atoms with Crippen LogP contribution in [0, 0.1) is 0 Å². The van der Waals surface area contributed by atoms with Crippen LogP contribution in [0.4, 0.5) is 0 Å². The lowest BCUT2D eigenvalue weighted by Crippen LogP contribution is -2.01. The van der Waals surface area contributed by atoms with Gasteiger partial charge in [-0.15, -0.1) is 0 Å². The van der Waals surface area contributed by atoms with E-state index in [2.05, 4.69) is 132 Å². The van der Waals surface area contributed by atoms with Gasteiger partial charge in [-0.1, -0.05) is 115 Å². The van der Waals surface area contributed by atoms with Gasteiger partial charge in [-0.25, -0.2) is 15.0 Å². The van der Waals surface area contributed by atoms with E-state index in [4.69, 9.17) is 15.0 Å². The van der Waals surface area contributed by atoms with Gasteiger partial charge in [0, 0.05) is 33.2 Å². The highest BCUT2D eigenvalue weighted by Gasteiger charge is 2.16. The van der Waals surface area contributed by atoms with Crippen LogP contribution in [0.25, 0.3) is 83.2 Å². The van der Waals surface area contributed by atoms with E-state index in [1.807, 2.05) is 30.3 Å². The van der Waals surface area contributed by atoms with E-state index in [0.717, 1.165) is 33.2 Å². The third kappa shape index (κ3) is 4.27. The van der Waals surface area contributed by atoms with Crippen LogP contribution in [0.5, 0.6) is 0 Å². The summed E-state index contributed by atoms with van der Waals surface area (Å²) < 4.78 is 2.35. The first-order valence-corrected chi connectivity index (χ1v) is 15.1. The molecule has 0 bridgehead atoms. The van der Waals surface area contributed by atoms with Gasteiger partial charge < -0.3 is 4.57 Å². The first kappa shape index (κ1) is 25.4. The minimum absolute atomic E-state index is 0.645. The lowest BCUT2D eigenvalue weighted by molar-refractivity contribution is 1.07. The maximum atomic E-state index is 5.05. The summed E-state index contributed by atoms with van der Waals surface area (Å²) in [7, 11) is 0. The number of benzene rings is 7. The van der Waals surface area contributed by atoms with Crippen LogP contribution in [-0.4, -0.2) is 19.5 Å². The largest absolute Gasteiger partial charge is 0.309 e. The topological polar surface area (TPSA) is 43.6 Å². The van der Waals surface area contributed by atoms with Crippen molar-refractivity contribution in [2.45, 2.75) is 0 Å². The van der Waals surface area contributed by atoms with Gasteiger partial charge in [0.2, 0.25) is 0 Å². The Kier molecular flexibility index (Phi) is 5.78. The highest BCUT2D eigenvalue weighted by atomic mass is 15.0. The number of rotatable bonds is 4. The smallest absolute Gasteiger partial charge is 0.164 e. The molecule has 0 spiro atoms. The fourth-order valence-electron chi connectivity index (χ4n) is 6.46. The third-order valence-electron chi connectivity index (χ3n) is 8.62. The molecule has 0 fully saturated rings. The zero-order valence-electron chi connectivity index (χ0n) is 24.3. The molecule has 0 radical (unpaired) electrons. The van der Waals surface area contributed by atoms with E-state index >= 15 is 0 Å². The Labute approximate surface area is 259 Å². The molecule has 0 saturated carbocycles. The van der Waals surface area contributed by atoms with Crippen molar-refractivity contribution in [1.82, 2.24) is 19.5 Å². The van der Waals surface area contributed by atoms with Crippen molar-refractivity contribution in [1.29, 1.82) is 0 Å². The zero-order chi connectivity index (χ0) is 29.7. The zero-order valence-corrected chi connectivity index (χ0v) is 24.3. The maximum Gasteiger partial charge on any atom is 0.164 e. The molecule has 0 aliphatic rings. The number of hydrogen-bond acceptors (Lipinski definition) is 3. The maximum absolute atomic E-state index is 5.05. The second-order valence-corrected chi connectivity index (χ2v) is 11.3. The van der Waals surface area contributed by atoms with Crippen molar-refractivity contribution in [3.63, 3.8) is 0 Å². The number of hydrogen-bond donors (Lipinski definition) is 0. The SMILES string of the molecule is c1ccc(-c2nc(-c3ccc(-n4c5ccccc5c5cc6ccccc6cc54)cc3)nc(-c3cccc4ccccc34)n2)cc1. The molecule has 0 atom stereocenters. The molecule has 45 heavy (non-hydrogen) atoms. The van der Waals surface area contributed by atoms with Crippen molar-refractivity contribution in [2.24, 2.45) is 0 Å². The molecule has 0 N–H and O–H groups in total. The van der Waals surface area contributed by atoms with Crippen molar-refractivity contribution in [3.8, 4) is 39.9 Å². The van der Waals surface area contributed by atoms with Crippen LogP contribution in [0.1, 0.15) is 0 Å². The molecule has 4 heteroatoms. The summed E-state index contributed by atoms with van der Waals surface area (Å²) >= 11 is 0. The fraction of sp³-hybridized carbons (Fsp3) is 0. The third-order valence-corrected chi connectivity index (χ3v) is 8.62. The Balaban J connectivity index is 1.21. The predicted octanol–water partition coefficient (Wildman–Crippen LogP) is 10.3. The molecule has 2 aromatic heterocycles. The monoisotopic (exact) mass is 574 g/mol. The minimum atomic E-state index is 0.645. The molecule has 9 aromatic rings. The Hall–Kier alpha value is -6.13. The van der Waals surface area contributed by atoms with Gasteiger partial charge in [0.05, 0.1) is 11.0 Å². The van der Waals surface area contributed by atoms with Crippen LogP contribution in [-0.2, 0) is 0 Å². The van der Waals surface area contributed by atoms with Crippen molar-refractivity contribution in [3.05, 3.63) is 158 Å². The minimum Gasteiger partial charge on any atom is -0.309 e. The van der Waals surface area contributed by atoms with Crippen LogP contribution in [0.15, 0.2) is 158 Å². The number of aromatic nitrogens is 4. The summed E-state index contributed by atoms with van der Waals surface area (Å²) in [6.45, 7) is 0. The highest BCUT2D eigenvalue weighted by molar-refractivity contribution is 6.13. The van der Waals surface area contributed by atoms with Crippen LogP contribution < -0.4 is 0 Å². The van der Waals surface area contributed by atoms with Gasteiger partial charge in [0.15, 0.2) is 17.5 Å². The summed E-state index contributed by atoms with van der Waals surface area (Å²) in [5, 5.41) is 7.23. The van der Waals surface area contributed by atoms with Gasteiger partial charge in [-0.05, 0) is 64.0 Å². The van der Waals surface area contributed by atoms with E-state index in [0.29, 0.717) is 17.5 Å². The average Bonchev–Trinajstić information content (AvgIpc) is 3.43. The summed E-state index contributed by atoms with van der Waals surface area (Å²) in [6, 6.07) is 55.1. The number of fused-ring (bicyclic) bond motifs is 5. The quantitative estimate of drug-likeness (QED) is 0.210. The second kappa shape index (κ2) is 10.2. The molecule has 4 nitrogen and oxygen atoms in total. The molecule has 9 rings (SSSR count). The Morgan fingerprint density at radius 3 is 1.71 bits per heavy atom. The van der Waals surface area contributed by atoms with Gasteiger partial charge >= 0.3 is 0 Å². The Morgan fingerprint density at radius 2 is 0.933 bits per heavy atom. The van der Waals surface area contributed by atoms with Crippen molar-refractivity contribution < 1.29 is 0 Å². The number of nitrogens with zero attached hydrogens (tertiary/aromatic N) is 4. The van der Waals surface area contributed by atoms with Crippen molar-refractivity contribution in [2.75, 3.05) is 0 Å². The molecule has 0 amide bonds. The van der Waals surface area contributed by atoms with E-state index < -0.39 is 0 Å². The molecule has 7 aromatic carbocycles. The first-order valence-electron chi connectivity index (χ1n) is 15.1. The molecule has 0 aliphatic heterocycles. The van der Waals surface area contributed by atoms with Gasteiger partial charge in [-0.2, -0.15) is 0 Å². The summed E-state index contributed by atoms with van der Waals surface area (Å²) in [6.07, 6.45) is 0. The summed E-state index contributed by atoms with van der Waals surface area (Å²) in [4.78, 5) is 15.0. The molecule has 210 valence electrons. The van der Waals surface area contributed by atoms with Crippen molar-refractivity contribution >= 4 is 43.4 Å². The Morgan fingerprint density at radius 1 is 0.356 bits per heavy atom. The van der Waals surface area contributed by atoms with Gasteiger partial charge in [0.1, 0.15) is 0 Å². The predicted molar refractivity (Wildman–Crippen MR) is 185 cm³/mol. The van der Waals surface area contributed by atoms with E-state index in [9.17, 15) is 0 Å². The normalized spacial score (nSPS) is 11.6. The van der Waals surface area contributed by atoms with Crippen LogP contribution in [0.2, 0.25) is 0 Å². The summed E-state index contributed by atoms with van der Waals surface area (Å²) in [5.74, 6) is 1.96. The van der Waals surface area contributed by atoms with E-state index in [1.54, 1.807) is 0 Å². The lowest BCUT2D eigenvalue weighted by atomic mass is 10.0. The molecular formula is C41H26N4. The first-order chi connectivity index (χ1) is 22.3. The summed E-state index contributed by atoms with van der Waals surface area (Å²) in [5.41, 5.74) is 6.34. The van der Waals surface area contributed by atoms with Crippen LogP contribution >= 0.6 is 0 Å². The number of para-hydroxylation sites is 1. The molecule has 2 heterocycles. The lowest BCUT2D eigenvalue weighted by Gasteiger charge is -2.12. The van der Waals surface area contributed by atoms with E-state index in [1.165, 1.54) is 32.6 Å². The highest BCUT2D eigenvalue weighted by Crippen LogP contribution is 2.36. The molecular weight excluding hydrogens is 548 g/mol. The van der Waals surface area contributed by atoms with Gasteiger partial charge in [-0.3, -0.25) is 0 Å². The Bertz CT molecular complexity index is 2520. The second-order valence-electron chi connectivity index (χ2n) is 11.3. The molecule has 0 saturated heterocycles. The van der Waals surface area contributed by atoms with E-state index in [-0.39, 0.29) is 0 Å². The van der Waals surface area contributed by atoms with Gasteiger partial charge in [0.25, 0.3) is 0 Å². The molecule has 0 unspecified atom stereocenters. The standard InChI is InChI=1S/C41H26N4/c1-2-12-28(13-3-1)39-42-40(44-41(43-39)35-19-10-16-27-11-6-7-17-33(27)35)29-21-23-32(24-22-29)45-37-20-9-8-18-34(37)36-25-30-14-4-5-15-31(30)26-38(36)45/h1-26H. The fourth-order valence-corrected chi connectivity index (χ4v) is 6.46. The van der Waals surface area contributed by atoms with Crippen LogP contribution in [0.3, 0.4) is 0 Å².